The molecule has 2 fully saturated rings. The molecule has 3 heterocycles. The van der Waals surface area contributed by atoms with E-state index in [-0.39, 0.29) is 11.5 Å². The quantitative estimate of drug-likeness (QED) is 0.811. The topological polar surface area (TPSA) is 62.7 Å². The van der Waals surface area contributed by atoms with Gasteiger partial charge in [-0.25, -0.2) is 13.4 Å². The summed E-state index contributed by atoms with van der Waals surface area (Å²) in [6, 6.07) is 8.33. The van der Waals surface area contributed by atoms with Gasteiger partial charge in [0.2, 0.25) is 0 Å². The lowest BCUT2D eigenvalue weighted by Gasteiger charge is -2.28. The van der Waals surface area contributed by atoms with Gasteiger partial charge in [-0.2, -0.15) is 0 Å². The minimum Gasteiger partial charge on any atom is -0.378 e. The minimum atomic E-state index is -2.84. The molecular formula is C17H21N3O3S2. The number of hydrogen-bond donors (Lipinski definition) is 0. The second-order valence-electron chi connectivity index (χ2n) is 6.29. The fourth-order valence-corrected chi connectivity index (χ4v) is 5.28. The Balaban J connectivity index is 1.46. The van der Waals surface area contributed by atoms with E-state index in [1.807, 2.05) is 6.20 Å². The molecule has 0 unspecified atom stereocenters. The third-order valence-corrected chi connectivity index (χ3v) is 7.35. The first kappa shape index (κ1) is 16.8. The number of benzene rings is 1. The molecule has 1 aromatic heterocycles. The van der Waals surface area contributed by atoms with Crippen molar-refractivity contribution in [1.29, 1.82) is 0 Å². The van der Waals surface area contributed by atoms with Crippen molar-refractivity contribution in [3.05, 3.63) is 30.5 Å². The summed E-state index contributed by atoms with van der Waals surface area (Å²) in [7, 11) is -2.84. The highest BCUT2D eigenvalue weighted by Crippen LogP contribution is 2.32. The minimum absolute atomic E-state index is 0.243. The van der Waals surface area contributed by atoms with Crippen LogP contribution in [0.2, 0.25) is 0 Å². The van der Waals surface area contributed by atoms with E-state index in [0.29, 0.717) is 13.1 Å². The molecular weight excluding hydrogens is 358 g/mol. The van der Waals surface area contributed by atoms with Crippen LogP contribution in [0.5, 0.6) is 0 Å². The van der Waals surface area contributed by atoms with Gasteiger partial charge in [0.1, 0.15) is 0 Å². The number of aromatic nitrogens is 1. The molecule has 8 heteroatoms. The van der Waals surface area contributed by atoms with E-state index in [9.17, 15) is 8.42 Å². The van der Waals surface area contributed by atoms with Crippen molar-refractivity contribution in [2.45, 2.75) is 0 Å². The second kappa shape index (κ2) is 6.93. The maximum Gasteiger partial charge on any atom is 0.186 e. The predicted octanol–water partition coefficient (Wildman–Crippen LogP) is 1.88. The van der Waals surface area contributed by atoms with Gasteiger partial charge in [-0.1, -0.05) is 23.5 Å². The van der Waals surface area contributed by atoms with E-state index in [4.69, 9.17) is 4.74 Å². The number of ether oxygens (including phenoxy) is 1. The molecule has 0 bridgehead atoms. The smallest absolute Gasteiger partial charge is 0.186 e. The number of sulfone groups is 1. The molecule has 25 heavy (non-hydrogen) atoms. The first-order valence-electron chi connectivity index (χ1n) is 8.45. The van der Waals surface area contributed by atoms with E-state index in [2.05, 4.69) is 39.0 Å². The van der Waals surface area contributed by atoms with Crippen LogP contribution in [0.4, 0.5) is 10.8 Å². The van der Waals surface area contributed by atoms with Crippen LogP contribution in [0.3, 0.4) is 0 Å². The molecule has 2 aliphatic rings. The van der Waals surface area contributed by atoms with Gasteiger partial charge in [0.05, 0.1) is 29.6 Å². The molecule has 0 atom stereocenters. The SMILES string of the molecule is O=S1(=O)CCN(c2ccc(-c3cnc(N4CCOCC4)s3)cc2)CC1. The highest BCUT2D eigenvalue weighted by Gasteiger charge is 2.22. The number of morpholine rings is 1. The highest BCUT2D eigenvalue weighted by molar-refractivity contribution is 7.91. The Bertz CT molecular complexity index is 813. The van der Waals surface area contributed by atoms with Crippen LogP contribution in [0, 0.1) is 0 Å². The molecule has 134 valence electrons. The molecule has 2 saturated heterocycles. The molecule has 1 aromatic carbocycles. The zero-order chi connectivity index (χ0) is 17.3. The summed E-state index contributed by atoms with van der Waals surface area (Å²) in [6.45, 7) is 4.45. The Morgan fingerprint density at radius 1 is 0.960 bits per heavy atom. The summed E-state index contributed by atoms with van der Waals surface area (Å²) < 4.78 is 28.5. The van der Waals surface area contributed by atoms with Crippen molar-refractivity contribution < 1.29 is 13.2 Å². The van der Waals surface area contributed by atoms with Crippen molar-refractivity contribution in [3.8, 4) is 10.4 Å². The number of nitrogens with zero attached hydrogens (tertiary/aromatic N) is 3. The van der Waals surface area contributed by atoms with Crippen LogP contribution in [-0.4, -0.2) is 64.3 Å². The summed E-state index contributed by atoms with van der Waals surface area (Å²) in [5, 5.41) is 1.05. The van der Waals surface area contributed by atoms with E-state index >= 15 is 0 Å². The summed E-state index contributed by atoms with van der Waals surface area (Å²) >= 11 is 1.70. The normalized spacial score (nSPS) is 20.6. The zero-order valence-corrected chi connectivity index (χ0v) is 15.6. The first-order chi connectivity index (χ1) is 12.1. The van der Waals surface area contributed by atoms with Crippen LogP contribution < -0.4 is 9.80 Å². The number of thiazole rings is 1. The molecule has 0 spiro atoms. The monoisotopic (exact) mass is 379 g/mol. The number of hydrogen-bond acceptors (Lipinski definition) is 7. The van der Waals surface area contributed by atoms with Crippen LogP contribution >= 0.6 is 11.3 Å². The van der Waals surface area contributed by atoms with Crippen molar-refractivity contribution in [3.63, 3.8) is 0 Å². The molecule has 4 rings (SSSR count). The van der Waals surface area contributed by atoms with E-state index < -0.39 is 9.84 Å². The molecule has 2 aliphatic heterocycles. The Morgan fingerprint density at radius 3 is 2.32 bits per heavy atom. The van der Waals surface area contributed by atoms with E-state index in [1.165, 1.54) is 0 Å². The van der Waals surface area contributed by atoms with Gasteiger partial charge in [-0.05, 0) is 17.7 Å². The molecule has 0 saturated carbocycles. The Kier molecular flexibility index (Phi) is 4.66. The van der Waals surface area contributed by atoms with Gasteiger partial charge >= 0.3 is 0 Å². The maximum absolute atomic E-state index is 11.6. The summed E-state index contributed by atoms with van der Waals surface area (Å²) in [5.41, 5.74) is 2.22. The van der Waals surface area contributed by atoms with Gasteiger partial charge in [-0.15, -0.1) is 0 Å². The van der Waals surface area contributed by atoms with Gasteiger partial charge in [0.15, 0.2) is 15.0 Å². The Labute approximate surface area is 152 Å². The zero-order valence-electron chi connectivity index (χ0n) is 13.9. The van der Waals surface area contributed by atoms with Gasteiger partial charge in [-0.3, -0.25) is 0 Å². The maximum atomic E-state index is 11.6. The van der Waals surface area contributed by atoms with Gasteiger partial charge < -0.3 is 14.5 Å². The molecule has 6 nitrogen and oxygen atoms in total. The summed E-state index contributed by atoms with van der Waals surface area (Å²) in [6.07, 6.45) is 1.93. The van der Waals surface area contributed by atoms with Crippen molar-refractivity contribution in [2.75, 3.05) is 60.7 Å². The lowest BCUT2D eigenvalue weighted by atomic mass is 10.2. The van der Waals surface area contributed by atoms with E-state index in [0.717, 1.165) is 47.6 Å². The lowest BCUT2D eigenvalue weighted by Crippen LogP contribution is -2.40. The van der Waals surface area contributed by atoms with Crippen molar-refractivity contribution in [2.24, 2.45) is 0 Å². The fourth-order valence-electron chi connectivity index (χ4n) is 3.11. The Morgan fingerprint density at radius 2 is 1.64 bits per heavy atom. The lowest BCUT2D eigenvalue weighted by molar-refractivity contribution is 0.122. The van der Waals surface area contributed by atoms with Crippen molar-refractivity contribution >= 4 is 32.0 Å². The van der Waals surface area contributed by atoms with Gasteiger partial charge in [0, 0.05) is 38.1 Å². The third kappa shape index (κ3) is 3.80. The predicted molar refractivity (Wildman–Crippen MR) is 101 cm³/mol. The molecule has 2 aromatic rings. The summed E-state index contributed by atoms with van der Waals surface area (Å²) in [4.78, 5) is 10.1. The molecule has 0 amide bonds. The number of anilines is 2. The van der Waals surface area contributed by atoms with Gasteiger partial charge in [0.25, 0.3) is 0 Å². The average Bonchev–Trinajstić information content (AvgIpc) is 3.13. The molecule has 0 radical (unpaired) electrons. The standard InChI is InChI=1S/C17H21N3O3S2/c21-25(22)11-7-19(8-12-25)15-3-1-14(2-4-15)16-13-18-17(24-16)20-5-9-23-10-6-20/h1-4,13H,5-12H2. The first-order valence-corrected chi connectivity index (χ1v) is 11.1. The fraction of sp³-hybridized carbons (Fsp3) is 0.471. The van der Waals surface area contributed by atoms with Crippen LogP contribution in [-0.2, 0) is 14.6 Å². The third-order valence-electron chi connectivity index (χ3n) is 4.64. The average molecular weight is 380 g/mol. The van der Waals surface area contributed by atoms with Crippen molar-refractivity contribution in [1.82, 2.24) is 4.98 Å². The van der Waals surface area contributed by atoms with Crippen LogP contribution in [0.15, 0.2) is 30.5 Å². The highest BCUT2D eigenvalue weighted by atomic mass is 32.2. The second-order valence-corrected chi connectivity index (χ2v) is 9.60. The largest absolute Gasteiger partial charge is 0.378 e. The Hall–Kier alpha value is -1.64. The molecule has 0 N–H and O–H groups in total. The van der Waals surface area contributed by atoms with Crippen LogP contribution in [0.1, 0.15) is 0 Å². The molecule has 0 aliphatic carbocycles. The van der Waals surface area contributed by atoms with E-state index in [1.54, 1.807) is 11.3 Å². The number of rotatable bonds is 3. The summed E-state index contributed by atoms with van der Waals surface area (Å²) in [5.74, 6) is 0.485. The van der Waals surface area contributed by atoms with Crippen LogP contribution in [0.25, 0.3) is 10.4 Å².